The van der Waals surface area contributed by atoms with E-state index in [0.717, 1.165) is 25.7 Å². The Morgan fingerprint density at radius 1 is 1.29 bits per heavy atom. The molecule has 0 aliphatic heterocycles. The minimum atomic E-state index is 0.712. The van der Waals surface area contributed by atoms with E-state index < -0.39 is 0 Å². The molecule has 17 heavy (non-hydrogen) atoms. The normalized spacial score (nSPS) is 17.6. The van der Waals surface area contributed by atoms with Gasteiger partial charge in [0.25, 0.3) is 0 Å². The number of nitrogens with zero attached hydrogens (tertiary/aromatic N) is 1. The van der Waals surface area contributed by atoms with Gasteiger partial charge in [0, 0.05) is 25.7 Å². The smallest absolute Gasteiger partial charge is 0.0589 e. The van der Waals surface area contributed by atoms with E-state index in [0.29, 0.717) is 6.04 Å². The predicted molar refractivity (Wildman–Crippen MR) is 73.5 cm³/mol. The first-order valence-corrected chi connectivity index (χ1v) is 7.28. The number of ether oxygens (including phenoxy) is 1. The van der Waals surface area contributed by atoms with Gasteiger partial charge in [-0.15, -0.1) is 0 Å². The quantitative estimate of drug-likeness (QED) is 0.601. The Balaban J connectivity index is 2.12. The second-order valence-corrected chi connectivity index (χ2v) is 5.07. The van der Waals surface area contributed by atoms with Gasteiger partial charge in [-0.1, -0.05) is 13.8 Å². The molecule has 0 saturated heterocycles. The van der Waals surface area contributed by atoms with Gasteiger partial charge < -0.3 is 10.1 Å². The summed E-state index contributed by atoms with van der Waals surface area (Å²) in [5.74, 6) is 0. The number of rotatable bonds is 11. The van der Waals surface area contributed by atoms with Crippen LogP contribution in [0.2, 0.25) is 0 Å². The van der Waals surface area contributed by atoms with Crippen LogP contribution in [0.5, 0.6) is 0 Å². The summed E-state index contributed by atoms with van der Waals surface area (Å²) in [6, 6.07) is 1.58. The van der Waals surface area contributed by atoms with Crippen LogP contribution in [0.1, 0.15) is 46.0 Å². The highest BCUT2D eigenvalue weighted by Crippen LogP contribution is 2.26. The summed E-state index contributed by atoms with van der Waals surface area (Å²) < 4.78 is 5.18. The SMILES string of the molecule is CCNC(CC)CCCN(CCOC)C1CC1. The molecule has 0 aromatic carbocycles. The van der Waals surface area contributed by atoms with Crippen LogP contribution >= 0.6 is 0 Å². The molecule has 1 atom stereocenters. The summed E-state index contributed by atoms with van der Waals surface area (Å²) in [5, 5.41) is 3.55. The molecule has 3 heteroatoms. The molecule has 1 unspecified atom stereocenters. The van der Waals surface area contributed by atoms with Crippen LogP contribution in [0.4, 0.5) is 0 Å². The van der Waals surface area contributed by atoms with Crippen molar-refractivity contribution in [1.82, 2.24) is 10.2 Å². The molecule has 0 heterocycles. The van der Waals surface area contributed by atoms with Gasteiger partial charge in [-0.25, -0.2) is 0 Å². The van der Waals surface area contributed by atoms with Crippen LogP contribution in [0.25, 0.3) is 0 Å². The molecule has 102 valence electrons. The lowest BCUT2D eigenvalue weighted by Gasteiger charge is -2.23. The Bertz CT molecular complexity index is 183. The minimum absolute atomic E-state index is 0.712. The van der Waals surface area contributed by atoms with Crippen LogP contribution < -0.4 is 5.32 Å². The van der Waals surface area contributed by atoms with Crippen molar-refractivity contribution in [2.45, 2.75) is 58.0 Å². The number of nitrogens with one attached hydrogen (secondary N) is 1. The lowest BCUT2D eigenvalue weighted by atomic mass is 10.1. The van der Waals surface area contributed by atoms with E-state index >= 15 is 0 Å². The highest BCUT2D eigenvalue weighted by molar-refractivity contribution is 4.84. The Morgan fingerprint density at radius 3 is 2.59 bits per heavy atom. The summed E-state index contributed by atoms with van der Waals surface area (Å²) in [5.41, 5.74) is 0. The van der Waals surface area contributed by atoms with Crippen molar-refractivity contribution >= 4 is 0 Å². The zero-order valence-corrected chi connectivity index (χ0v) is 11.9. The van der Waals surface area contributed by atoms with Crippen molar-refractivity contribution < 1.29 is 4.74 Å². The van der Waals surface area contributed by atoms with E-state index in [1.54, 1.807) is 7.11 Å². The van der Waals surface area contributed by atoms with Crippen molar-refractivity contribution in [3.05, 3.63) is 0 Å². The molecule has 0 bridgehead atoms. The summed E-state index contributed by atoms with van der Waals surface area (Å²) in [6.07, 6.45) is 6.66. The van der Waals surface area contributed by atoms with Gasteiger partial charge in [0.05, 0.1) is 6.61 Å². The third kappa shape index (κ3) is 6.39. The van der Waals surface area contributed by atoms with Gasteiger partial charge >= 0.3 is 0 Å². The zero-order chi connectivity index (χ0) is 12.5. The number of hydrogen-bond donors (Lipinski definition) is 1. The average Bonchev–Trinajstić information content (AvgIpc) is 3.16. The van der Waals surface area contributed by atoms with Gasteiger partial charge in [-0.05, 0) is 45.2 Å². The second kappa shape index (κ2) is 8.90. The predicted octanol–water partition coefficient (Wildman–Crippen LogP) is 2.27. The molecule has 1 aliphatic rings. The molecule has 0 aromatic heterocycles. The van der Waals surface area contributed by atoms with Crippen LogP contribution in [0.15, 0.2) is 0 Å². The van der Waals surface area contributed by atoms with Crippen molar-refractivity contribution in [3.63, 3.8) is 0 Å². The summed E-state index contributed by atoms with van der Waals surface area (Å²) in [7, 11) is 1.80. The molecule has 0 spiro atoms. The van der Waals surface area contributed by atoms with Crippen molar-refractivity contribution in [2.24, 2.45) is 0 Å². The molecule has 0 amide bonds. The molecule has 3 nitrogen and oxygen atoms in total. The lowest BCUT2D eigenvalue weighted by Crippen LogP contribution is -2.33. The van der Waals surface area contributed by atoms with E-state index in [4.69, 9.17) is 4.74 Å². The molecule has 1 rings (SSSR count). The van der Waals surface area contributed by atoms with Crippen molar-refractivity contribution in [2.75, 3.05) is 33.4 Å². The van der Waals surface area contributed by atoms with E-state index in [2.05, 4.69) is 24.1 Å². The number of methoxy groups -OCH3 is 1. The van der Waals surface area contributed by atoms with Crippen LogP contribution in [0.3, 0.4) is 0 Å². The molecular weight excluding hydrogens is 212 g/mol. The zero-order valence-electron chi connectivity index (χ0n) is 11.9. The third-order valence-electron chi connectivity index (χ3n) is 3.63. The largest absolute Gasteiger partial charge is 0.383 e. The van der Waals surface area contributed by atoms with Gasteiger partial charge in [0.1, 0.15) is 0 Å². The highest BCUT2D eigenvalue weighted by atomic mass is 16.5. The van der Waals surface area contributed by atoms with E-state index in [9.17, 15) is 0 Å². The fourth-order valence-corrected chi connectivity index (χ4v) is 2.41. The Kier molecular flexibility index (Phi) is 7.82. The molecule has 1 aliphatic carbocycles. The summed E-state index contributed by atoms with van der Waals surface area (Å²) >= 11 is 0. The van der Waals surface area contributed by atoms with E-state index in [1.165, 1.54) is 38.6 Å². The standard InChI is InChI=1S/C14H30N2O/c1-4-13(15-5-2)7-6-10-16(11-12-17-3)14-8-9-14/h13-15H,4-12H2,1-3H3. The molecule has 1 saturated carbocycles. The van der Waals surface area contributed by atoms with E-state index in [-0.39, 0.29) is 0 Å². The van der Waals surface area contributed by atoms with Gasteiger partial charge in [0.15, 0.2) is 0 Å². The fraction of sp³-hybridized carbons (Fsp3) is 1.00. The highest BCUT2D eigenvalue weighted by Gasteiger charge is 2.28. The first-order valence-electron chi connectivity index (χ1n) is 7.28. The average molecular weight is 242 g/mol. The molecule has 1 fully saturated rings. The molecule has 1 N–H and O–H groups in total. The van der Waals surface area contributed by atoms with Crippen LogP contribution in [-0.2, 0) is 4.74 Å². The van der Waals surface area contributed by atoms with Gasteiger partial charge in [-0.3, -0.25) is 4.90 Å². The lowest BCUT2D eigenvalue weighted by molar-refractivity contribution is 0.141. The molecule has 0 radical (unpaired) electrons. The van der Waals surface area contributed by atoms with E-state index in [1.807, 2.05) is 0 Å². The molecule has 0 aromatic rings. The monoisotopic (exact) mass is 242 g/mol. The third-order valence-corrected chi connectivity index (χ3v) is 3.63. The topological polar surface area (TPSA) is 24.5 Å². The number of hydrogen-bond acceptors (Lipinski definition) is 3. The molecular formula is C14H30N2O. The maximum Gasteiger partial charge on any atom is 0.0589 e. The maximum absolute atomic E-state index is 5.18. The second-order valence-electron chi connectivity index (χ2n) is 5.07. The van der Waals surface area contributed by atoms with Crippen molar-refractivity contribution in [3.8, 4) is 0 Å². The summed E-state index contributed by atoms with van der Waals surface area (Å²) in [6.45, 7) is 8.79. The first-order chi connectivity index (χ1) is 8.31. The van der Waals surface area contributed by atoms with Crippen LogP contribution in [0, 0.1) is 0 Å². The van der Waals surface area contributed by atoms with Crippen LogP contribution in [-0.4, -0.2) is 50.3 Å². The fourth-order valence-electron chi connectivity index (χ4n) is 2.41. The van der Waals surface area contributed by atoms with Crippen molar-refractivity contribution in [1.29, 1.82) is 0 Å². The minimum Gasteiger partial charge on any atom is -0.383 e. The first kappa shape index (κ1) is 14.9. The Hall–Kier alpha value is -0.120. The summed E-state index contributed by atoms with van der Waals surface area (Å²) in [4.78, 5) is 2.61. The maximum atomic E-state index is 5.18. The van der Waals surface area contributed by atoms with Gasteiger partial charge in [0.2, 0.25) is 0 Å². The van der Waals surface area contributed by atoms with Gasteiger partial charge in [-0.2, -0.15) is 0 Å². The Labute approximate surface area is 107 Å². The Morgan fingerprint density at radius 2 is 2.06 bits per heavy atom.